The predicted octanol–water partition coefficient (Wildman–Crippen LogP) is 2.10. The van der Waals surface area contributed by atoms with Gasteiger partial charge in [-0.1, -0.05) is 12.8 Å². The van der Waals surface area contributed by atoms with E-state index in [1.54, 1.807) is 13.8 Å². The normalized spacial score (nSPS) is 18.9. The van der Waals surface area contributed by atoms with Crippen LogP contribution in [0.25, 0.3) is 0 Å². The minimum Gasteiger partial charge on any atom is -0.281 e. The lowest BCUT2D eigenvalue weighted by Crippen LogP contribution is -2.37. The van der Waals surface area contributed by atoms with Crippen molar-refractivity contribution >= 4 is 21.6 Å². The lowest BCUT2D eigenvalue weighted by atomic mass is 9.89. The van der Waals surface area contributed by atoms with Crippen LogP contribution in [0.2, 0.25) is 0 Å². The fraction of sp³-hybridized carbons (Fsp3) is 0.750. The number of hydrogen-bond acceptors (Lipinski definition) is 3. The molecule has 0 spiro atoms. The molecule has 1 fully saturated rings. The van der Waals surface area contributed by atoms with E-state index in [0.717, 1.165) is 25.7 Å². The highest BCUT2D eigenvalue weighted by molar-refractivity contribution is 7.89. The second-order valence-corrected chi connectivity index (χ2v) is 7.40. The van der Waals surface area contributed by atoms with E-state index in [1.807, 2.05) is 0 Å². The van der Waals surface area contributed by atoms with Crippen LogP contribution in [-0.4, -0.2) is 31.0 Å². The largest absolute Gasteiger partial charge is 0.281 e. The van der Waals surface area contributed by atoms with Gasteiger partial charge in [0.25, 0.3) is 0 Å². The van der Waals surface area contributed by atoms with Crippen LogP contribution in [-0.2, 0) is 10.0 Å². The highest BCUT2D eigenvalue weighted by atomic mass is 35.5. The Morgan fingerprint density at radius 1 is 1.37 bits per heavy atom. The van der Waals surface area contributed by atoms with Crippen molar-refractivity contribution < 1.29 is 8.42 Å². The second-order valence-electron chi connectivity index (χ2n) is 5.43. The quantitative estimate of drug-likeness (QED) is 0.818. The molecule has 0 unspecified atom stereocenters. The Morgan fingerprint density at radius 2 is 2.00 bits per heavy atom. The number of hydrogen-bond donors (Lipinski definition) is 2. The molecule has 0 aromatic carbocycles. The van der Waals surface area contributed by atoms with Crippen LogP contribution < -0.4 is 4.72 Å². The summed E-state index contributed by atoms with van der Waals surface area (Å²) in [4.78, 5) is 0.259. The van der Waals surface area contributed by atoms with Crippen molar-refractivity contribution in [2.45, 2.75) is 44.4 Å². The fourth-order valence-electron chi connectivity index (χ4n) is 2.74. The SMILES string of the molecule is Cc1n[nH]c(C)c1S(=O)(=O)NCC1(CCl)CCCC1. The summed E-state index contributed by atoms with van der Waals surface area (Å²) in [6.07, 6.45) is 4.22. The Bertz CT molecular complexity index is 528. The summed E-state index contributed by atoms with van der Waals surface area (Å²) in [6, 6.07) is 0. The molecule has 0 aliphatic heterocycles. The number of H-pyrrole nitrogens is 1. The van der Waals surface area contributed by atoms with Crippen LogP contribution >= 0.6 is 11.6 Å². The van der Waals surface area contributed by atoms with Gasteiger partial charge in [0, 0.05) is 12.4 Å². The first-order valence-electron chi connectivity index (χ1n) is 6.47. The van der Waals surface area contributed by atoms with E-state index >= 15 is 0 Å². The van der Waals surface area contributed by atoms with Crippen LogP contribution in [0.3, 0.4) is 0 Å². The number of alkyl halides is 1. The van der Waals surface area contributed by atoms with E-state index in [2.05, 4.69) is 14.9 Å². The van der Waals surface area contributed by atoms with Gasteiger partial charge in [-0.25, -0.2) is 13.1 Å². The summed E-state index contributed by atoms with van der Waals surface area (Å²) < 4.78 is 27.4. The number of nitrogens with zero attached hydrogens (tertiary/aromatic N) is 1. The maximum absolute atomic E-state index is 12.3. The van der Waals surface area contributed by atoms with Gasteiger partial charge in [0.15, 0.2) is 0 Å². The maximum Gasteiger partial charge on any atom is 0.244 e. The zero-order valence-electron chi connectivity index (χ0n) is 11.3. The van der Waals surface area contributed by atoms with Crippen molar-refractivity contribution in [3.63, 3.8) is 0 Å². The molecule has 1 saturated carbocycles. The highest BCUT2D eigenvalue weighted by Gasteiger charge is 2.35. The van der Waals surface area contributed by atoms with Crippen LogP contribution in [0.5, 0.6) is 0 Å². The Balaban J connectivity index is 2.14. The Kier molecular flexibility index (Phi) is 4.23. The summed E-state index contributed by atoms with van der Waals surface area (Å²) in [5.41, 5.74) is 0.980. The Hall–Kier alpha value is -0.590. The van der Waals surface area contributed by atoms with Crippen molar-refractivity contribution in [1.82, 2.24) is 14.9 Å². The molecule has 0 saturated heterocycles. The van der Waals surface area contributed by atoms with Gasteiger partial charge in [0.05, 0.1) is 11.4 Å². The van der Waals surface area contributed by atoms with Crippen LogP contribution in [0.4, 0.5) is 0 Å². The molecule has 0 radical (unpaired) electrons. The molecule has 19 heavy (non-hydrogen) atoms. The molecular formula is C12H20ClN3O2S. The summed E-state index contributed by atoms with van der Waals surface area (Å²) in [5.74, 6) is 0.499. The lowest BCUT2D eigenvalue weighted by molar-refractivity contribution is 0.342. The van der Waals surface area contributed by atoms with Crippen LogP contribution in [0.1, 0.15) is 37.1 Å². The molecule has 1 aliphatic carbocycles. The summed E-state index contributed by atoms with van der Waals surface area (Å²) in [6.45, 7) is 3.80. The number of nitrogens with one attached hydrogen (secondary N) is 2. The summed E-state index contributed by atoms with van der Waals surface area (Å²) in [5, 5.41) is 6.63. The lowest BCUT2D eigenvalue weighted by Gasteiger charge is -2.26. The number of rotatable bonds is 5. The zero-order valence-corrected chi connectivity index (χ0v) is 12.9. The van der Waals surface area contributed by atoms with Gasteiger partial charge < -0.3 is 0 Å². The number of halogens is 1. The van der Waals surface area contributed by atoms with E-state index < -0.39 is 10.0 Å². The van der Waals surface area contributed by atoms with E-state index in [-0.39, 0.29) is 10.3 Å². The summed E-state index contributed by atoms with van der Waals surface area (Å²) >= 11 is 6.03. The number of aromatic amines is 1. The van der Waals surface area contributed by atoms with Gasteiger partial charge in [-0.15, -0.1) is 11.6 Å². The molecule has 1 aliphatic rings. The van der Waals surface area contributed by atoms with Crippen molar-refractivity contribution in [2.24, 2.45) is 5.41 Å². The van der Waals surface area contributed by atoms with E-state index in [9.17, 15) is 8.42 Å². The monoisotopic (exact) mass is 305 g/mol. The summed E-state index contributed by atoms with van der Waals surface area (Å²) in [7, 11) is -3.52. The predicted molar refractivity (Wildman–Crippen MR) is 74.9 cm³/mol. The van der Waals surface area contributed by atoms with Gasteiger partial charge >= 0.3 is 0 Å². The molecule has 7 heteroatoms. The molecule has 1 heterocycles. The zero-order chi connectivity index (χ0) is 14.1. The third kappa shape index (κ3) is 2.95. The molecule has 0 amide bonds. The first kappa shape index (κ1) is 14.8. The molecular weight excluding hydrogens is 286 g/mol. The molecule has 5 nitrogen and oxygen atoms in total. The third-order valence-corrected chi connectivity index (χ3v) is 6.14. The first-order chi connectivity index (χ1) is 8.90. The van der Waals surface area contributed by atoms with Crippen molar-refractivity contribution in [3.8, 4) is 0 Å². The number of aryl methyl sites for hydroxylation is 2. The average Bonchev–Trinajstić information content (AvgIpc) is 2.95. The molecule has 0 bridgehead atoms. The fourth-order valence-corrected chi connectivity index (χ4v) is 4.63. The molecule has 1 aromatic heterocycles. The minimum atomic E-state index is -3.52. The number of aromatic nitrogens is 2. The van der Waals surface area contributed by atoms with Gasteiger partial charge in [-0.2, -0.15) is 5.10 Å². The van der Waals surface area contributed by atoms with Crippen molar-refractivity contribution in [3.05, 3.63) is 11.4 Å². The first-order valence-corrected chi connectivity index (χ1v) is 8.49. The smallest absolute Gasteiger partial charge is 0.244 e. The molecule has 2 rings (SSSR count). The molecule has 0 atom stereocenters. The molecule has 108 valence electrons. The van der Waals surface area contributed by atoms with Gasteiger partial charge in [-0.3, -0.25) is 5.10 Å². The van der Waals surface area contributed by atoms with Gasteiger partial charge in [0.2, 0.25) is 10.0 Å². The average molecular weight is 306 g/mol. The van der Waals surface area contributed by atoms with Crippen molar-refractivity contribution in [2.75, 3.05) is 12.4 Å². The minimum absolute atomic E-state index is 0.0832. The second kappa shape index (κ2) is 5.42. The number of sulfonamides is 1. The highest BCUT2D eigenvalue weighted by Crippen LogP contribution is 2.38. The molecule has 1 aromatic rings. The van der Waals surface area contributed by atoms with Crippen LogP contribution in [0, 0.1) is 19.3 Å². The molecule has 2 N–H and O–H groups in total. The third-order valence-electron chi connectivity index (χ3n) is 3.91. The van der Waals surface area contributed by atoms with E-state index in [4.69, 9.17) is 11.6 Å². The van der Waals surface area contributed by atoms with Crippen LogP contribution in [0.15, 0.2) is 4.90 Å². The topological polar surface area (TPSA) is 74.8 Å². The standard InChI is InChI=1S/C12H20ClN3O2S/c1-9-11(10(2)16-15-9)19(17,18)14-8-12(7-13)5-3-4-6-12/h14H,3-8H2,1-2H3,(H,15,16). The van der Waals surface area contributed by atoms with Gasteiger partial charge in [-0.05, 0) is 32.1 Å². The van der Waals surface area contributed by atoms with Gasteiger partial charge in [0.1, 0.15) is 4.90 Å². The van der Waals surface area contributed by atoms with E-state index in [0.29, 0.717) is 23.8 Å². The van der Waals surface area contributed by atoms with E-state index in [1.165, 1.54) is 0 Å². The van der Waals surface area contributed by atoms with Crippen molar-refractivity contribution in [1.29, 1.82) is 0 Å². The Labute approximate surface area is 119 Å². The maximum atomic E-state index is 12.3. The Morgan fingerprint density at radius 3 is 2.47 bits per heavy atom.